The molecular formula is C19H23NO2. The molecule has 0 bridgehead atoms. The molecule has 0 saturated heterocycles. The molecule has 3 nitrogen and oxygen atoms in total. The second kappa shape index (κ2) is 7.64. The van der Waals surface area contributed by atoms with E-state index in [-0.39, 0.29) is 11.9 Å². The van der Waals surface area contributed by atoms with Gasteiger partial charge in [-0.3, -0.25) is 4.79 Å². The van der Waals surface area contributed by atoms with Crippen LogP contribution in [-0.4, -0.2) is 12.0 Å². The predicted molar refractivity (Wildman–Crippen MR) is 88.9 cm³/mol. The van der Waals surface area contributed by atoms with E-state index in [0.717, 1.165) is 5.56 Å². The monoisotopic (exact) mass is 297 g/mol. The van der Waals surface area contributed by atoms with Crippen LogP contribution in [-0.2, 0) is 4.79 Å². The molecule has 0 aliphatic heterocycles. The highest BCUT2D eigenvalue weighted by molar-refractivity contribution is 5.81. The first kappa shape index (κ1) is 16.1. The van der Waals surface area contributed by atoms with Gasteiger partial charge in [0.25, 0.3) is 5.91 Å². The molecule has 1 N–H and O–H groups in total. The third kappa shape index (κ3) is 4.35. The van der Waals surface area contributed by atoms with Crippen molar-refractivity contribution >= 4 is 5.91 Å². The molecule has 0 heterocycles. The summed E-state index contributed by atoms with van der Waals surface area (Å²) < 4.78 is 5.77. The molecule has 3 heteroatoms. The molecule has 0 radical (unpaired) electrons. The average molecular weight is 297 g/mol. The minimum absolute atomic E-state index is 0.0403. The van der Waals surface area contributed by atoms with Crippen molar-refractivity contribution in [1.29, 1.82) is 0 Å². The number of hydrogen-bond donors (Lipinski definition) is 1. The van der Waals surface area contributed by atoms with Gasteiger partial charge in [-0.25, -0.2) is 0 Å². The van der Waals surface area contributed by atoms with E-state index in [1.165, 1.54) is 5.56 Å². The van der Waals surface area contributed by atoms with Gasteiger partial charge in [-0.05, 0) is 38.0 Å². The lowest BCUT2D eigenvalue weighted by Gasteiger charge is -2.21. The molecule has 2 aromatic carbocycles. The fourth-order valence-electron chi connectivity index (χ4n) is 2.23. The van der Waals surface area contributed by atoms with E-state index in [9.17, 15) is 4.79 Å². The standard InChI is InChI=1S/C19H23NO2/c1-4-18(22-17-8-6-5-7-9-17)19(21)20-15(3)16-12-10-14(2)11-13-16/h5-13,15,18H,4H2,1-3H3,(H,20,21). The minimum Gasteiger partial charge on any atom is -0.481 e. The van der Waals surface area contributed by atoms with Gasteiger partial charge in [0.05, 0.1) is 6.04 Å². The van der Waals surface area contributed by atoms with Gasteiger partial charge in [-0.15, -0.1) is 0 Å². The van der Waals surface area contributed by atoms with Gasteiger partial charge in [-0.1, -0.05) is 55.0 Å². The molecule has 2 rings (SSSR count). The number of carbonyl (C=O) groups excluding carboxylic acids is 1. The number of carbonyl (C=O) groups is 1. The van der Waals surface area contributed by atoms with E-state index in [1.807, 2.05) is 63.2 Å². The Morgan fingerprint density at radius 2 is 1.73 bits per heavy atom. The Labute approximate surface area is 132 Å². The highest BCUT2D eigenvalue weighted by atomic mass is 16.5. The van der Waals surface area contributed by atoms with Crippen molar-refractivity contribution in [3.8, 4) is 5.75 Å². The summed E-state index contributed by atoms with van der Waals surface area (Å²) in [4.78, 5) is 12.4. The van der Waals surface area contributed by atoms with E-state index < -0.39 is 6.10 Å². The third-order valence-electron chi connectivity index (χ3n) is 3.62. The van der Waals surface area contributed by atoms with Crippen LogP contribution >= 0.6 is 0 Å². The minimum atomic E-state index is -0.477. The lowest BCUT2D eigenvalue weighted by molar-refractivity contribution is -0.128. The third-order valence-corrected chi connectivity index (χ3v) is 3.62. The number of hydrogen-bond acceptors (Lipinski definition) is 2. The Morgan fingerprint density at radius 3 is 2.32 bits per heavy atom. The van der Waals surface area contributed by atoms with Crippen molar-refractivity contribution in [3.63, 3.8) is 0 Å². The Morgan fingerprint density at radius 1 is 1.09 bits per heavy atom. The second-order valence-corrected chi connectivity index (χ2v) is 5.47. The molecule has 1 amide bonds. The van der Waals surface area contributed by atoms with Crippen LogP contribution in [0.4, 0.5) is 0 Å². The molecule has 22 heavy (non-hydrogen) atoms. The predicted octanol–water partition coefficient (Wildman–Crippen LogP) is 4.03. The van der Waals surface area contributed by atoms with Crippen LogP contribution in [0.5, 0.6) is 5.75 Å². The SMILES string of the molecule is CCC(Oc1ccccc1)C(=O)NC(C)c1ccc(C)cc1. The van der Waals surface area contributed by atoms with E-state index in [4.69, 9.17) is 4.74 Å². The maximum Gasteiger partial charge on any atom is 0.261 e. The summed E-state index contributed by atoms with van der Waals surface area (Å²) in [5, 5.41) is 3.02. The van der Waals surface area contributed by atoms with Crippen molar-refractivity contribution in [3.05, 3.63) is 65.7 Å². The van der Waals surface area contributed by atoms with E-state index in [1.54, 1.807) is 0 Å². The first-order valence-corrected chi connectivity index (χ1v) is 7.68. The number of benzene rings is 2. The number of nitrogens with one attached hydrogen (secondary N) is 1. The molecule has 0 aromatic heterocycles. The summed E-state index contributed by atoms with van der Waals surface area (Å²) in [6.45, 7) is 5.98. The van der Waals surface area contributed by atoms with Crippen molar-refractivity contribution in [2.24, 2.45) is 0 Å². The molecule has 0 saturated carbocycles. The number of para-hydroxylation sites is 1. The summed E-state index contributed by atoms with van der Waals surface area (Å²) in [6.07, 6.45) is 0.150. The van der Waals surface area contributed by atoms with Gasteiger partial charge in [0.1, 0.15) is 5.75 Å². The zero-order valence-corrected chi connectivity index (χ0v) is 13.4. The zero-order valence-electron chi connectivity index (χ0n) is 13.4. The first-order chi connectivity index (χ1) is 10.6. The molecular weight excluding hydrogens is 274 g/mol. The zero-order chi connectivity index (χ0) is 15.9. The second-order valence-electron chi connectivity index (χ2n) is 5.47. The van der Waals surface area contributed by atoms with Crippen molar-refractivity contribution in [2.45, 2.75) is 39.3 Å². The molecule has 0 fully saturated rings. The maximum absolute atomic E-state index is 12.4. The molecule has 0 aliphatic rings. The van der Waals surface area contributed by atoms with Crippen LogP contribution in [0, 0.1) is 6.92 Å². The molecule has 2 atom stereocenters. The summed E-state index contributed by atoms with van der Waals surface area (Å²) in [6, 6.07) is 17.6. The Bertz CT molecular complexity index is 593. The van der Waals surface area contributed by atoms with Gasteiger partial charge < -0.3 is 10.1 Å². The molecule has 0 spiro atoms. The van der Waals surface area contributed by atoms with Crippen LogP contribution in [0.1, 0.15) is 37.4 Å². The Balaban J connectivity index is 1.98. The smallest absolute Gasteiger partial charge is 0.261 e. The molecule has 2 aromatic rings. The molecule has 2 unspecified atom stereocenters. The first-order valence-electron chi connectivity index (χ1n) is 7.68. The fourth-order valence-corrected chi connectivity index (χ4v) is 2.23. The normalized spacial score (nSPS) is 13.2. The van der Waals surface area contributed by atoms with E-state index in [0.29, 0.717) is 12.2 Å². The fraction of sp³-hybridized carbons (Fsp3) is 0.316. The molecule has 116 valence electrons. The molecule has 0 aliphatic carbocycles. The number of aryl methyl sites for hydroxylation is 1. The van der Waals surface area contributed by atoms with Crippen molar-refractivity contribution in [2.75, 3.05) is 0 Å². The Kier molecular flexibility index (Phi) is 5.59. The van der Waals surface area contributed by atoms with Gasteiger partial charge in [0.15, 0.2) is 6.10 Å². The lowest BCUT2D eigenvalue weighted by Crippen LogP contribution is -2.39. The van der Waals surface area contributed by atoms with Gasteiger partial charge in [0, 0.05) is 0 Å². The van der Waals surface area contributed by atoms with Gasteiger partial charge in [0.2, 0.25) is 0 Å². The van der Waals surface area contributed by atoms with Crippen molar-refractivity contribution in [1.82, 2.24) is 5.32 Å². The number of amides is 1. The Hall–Kier alpha value is -2.29. The summed E-state index contributed by atoms with van der Waals surface area (Å²) in [5.41, 5.74) is 2.30. The largest absolute Gasteiger partial charge is 0.481 e. The lowest BCUT2D eigenvalue weighted by atomic mass is 10.1. The van der Waals surface area contributed by atoms with Crippen molar-refractivity contribution < 1.29 is 9.53 Å². The van der Waals surface area contributed by atoms with Gasteiger partial charge >= 0.3 is 0 Å². The number of ether oxygens (including phenoxy) is 1. The van der Waals surface area contributed by atoms with Gasteiger partial charge in [-0.2, -0.15) is 0 Å². The highest BCUT2D eigenvalue weighted by Crippen LogP contribution is 2.16. The van der Waals surface area contributed by atoms with Crippen LogP contribution < -0.4 is 10.1 Å². The summed E-state index contributed by atoms with van der Waals surface area (Å²) >= 11 is 0. The topological polar surface area (TPSA) is 38.3 Å². The number of rotatable bonds is 6. The van der Waals surface area contributed by atoms with Crippen LogP contribution in [0.25, 0.3) is 0 Å². The summed E-state index contributed by atoms with van der Waals surface area (Å²) in [5.74, 6) is 0.631. The summed E-state index contributed by atoms with van der Waals surface area (Å²) in [7, 11) is 0. The van der Waals surface area contributed by atoms with Crippen LogP contribution in [0.2, 0.25) is 0 Å². The van der Waals surface area contributed by atoms with E-state index >= 15 is 0 Å². The maximum atomic E-state index is 12.4. The van der Waals surface area contributed by atoms with E-state index in [2.05, 4.69) is 17.4 Å². The quantitative estimate of drug-likeness (QED) is 0.874. The van der Waals surface area contributed by atoms with Crippen LogP contribution in [0.15, 0.2) is 54.6 Å². The van der Waals surface area contributed by atoms with Crippen LogP contribution in [0.3, 0.4) is 0 Å². The highest BCUT2D eigenvalue weighted by Gasteiger charge is 2.20. The average Bonchev–Trinajstić information content (AvgIpc) is 2.54.